The van der Waals surface area contributed by atoms with E-state index in [1.54, 1.807) is 0 Å². The predicted octanol–water partition coefficient (Wildman–Crippen LogP) is 2.88. The van der Waals surface area contributed by atoms with Gasteiger partial charge in [-0.15, -0.1) is 0 Å². The van der Waals surface area contributed by atoms with Gasteiger partial charge in [-0.3, -0.25) is 0 Å². The van der Waals surface area contributed by atoms with E-state index < -0.39 is 0 Å². The van der Waals surface area contributed by atoms with E-state index in [2.05, 4.69) is 33.0 Å². The molecule has 0 amide bonds. The molecule has 18 heavy (non-hydrogen) atoms. The van der Waals surface area contributed by atoms with Gasteiger partial charge < -0.3 is 14.8 Å². The molecular weight excluding hydrogens is 226 g/mol. The Morgan fingerprint density at radius 2 is 1.83 bits per heavy atom. The van der Waals surface area contributed by atoms with Crippen LogP contribution < -0.4 is 5.32 Å². The molecule has 2 aliphatic rings. The van der Waals surface area contributed by atoms with Crippen molar-refractivity contribution in [3.05, 3.63) is 0 Å². The van der Waals surface area contributed by atoms with E-state index in [-0.39, 0.29) is 11.2 Å². The maximum atomic E-state index is 6.08. The molecule has 0 radical (unpaired) electrons. The van der Waals surface area contributed by atoms with Crippen LogP contribution in [0, 0.1) is 0 Å². The van der Waals surface area contributed by atoms with Crippen molar-refractivity contribution in [3.63, 3.8) is 0 Å². The molecule has 0 aromatic rings. The van der Waals surface area contributed by atoms with Crippen molar-refractivity contribution in [1.29, 1.82) is 0 Å². The normalized spacial score (nSPS) is 31.0. The summed E-state index contributed by atoms with van der Waals surface area (Å²) in [5.74, 6) is 0. The molecule has 1 heterocycles. The van der Waals surface area contributed by atoms with Crippen molar-refractivity contribution >= 4 is 0 Å². The van der Waals surface area contributed by atoms with Crippen LogP contribution in [0.4, 0.5) is 0 Å². The largest absolute Gasteiger partial charge is 0.377 e. The van der Waals surface area contributed by atoms with Crippen molar-refractivity contribution in [1.82, 2.24) is 5.32 Å². The molecule has 106 valence electrons. The Balaban J connectivity index is 1.67. The molecule has 0 aromatic heterocycles. The Kier molecular flexibility index (Phi) is 4.35. The Labute approximate surface area is 112 Å². The lowest BCUT2D eigenvalue weighted by Gasteiger charge is -2.28. The van der Waals surface area contributed by atoms with Gasteiger partial charge in [0.05, 0.1) is 23.9 Å². The molecule has 2 fully saturated rings. The number of nitrogens with one attached hydrogen (secondary N) is 1. The van der Waals surface area contributed by atoms with Gasteiger partial charge in [0.2, 0.25) is 0 Å². The molecule has 1 saturated heterocycles. The summed E-state index contributed by atoms with van der Waals surface area (Å²) >= 11 is 0. The standard InChI is InChI=1S/C15H29NO2/c1-14(2)11-13(15(3,4)18-14)16-9-10-17-12-7-5-6-8-12/h12-13,16H,5-11H2,1-4H3. The lowest BCUT2D eigenvalue weighted by Crippen LogP contribution is -2.44. The summed E-state index contributed by atoms with van der Waals surface area (Å²) in [6.45, 7) is 10.5. The highest BCUT2D eigenvalue weighted by atomic mass is 16.5. The van der Waals surface area contributed by atoms with E-state index in [0.717, 1.165) is 19.6 Å². The summed E-state index contributed by atoms with van der Waals surface area (Å²) in [5.41, 5.74) is -0.0790. The fraction of sp³-hybridized carbons (Fsp3) is 1.00. The van der Waals surface area contributed by atoms with Gasteiger partial charge in [0.1, 0.15) is 0 Å². The fourth-order valence-electron chi connectivity index (χ4n) is 3.39. The first-order valence-corrected chi connectivity index (χ1v) is 7.44. The van der Waals surface area contributed by atoms with Gasteiger partial charge >= 0.3 is 0 Å². The van der Waals surface area contributed by atoms with Crippen molar-refractivity contribution in [3.8, 4) is 0 Å². The van der Waals surface area contributed by atoms with Crippen molar-refractivity contribution in [2.45, 2.75) is 83.1 Å². The molecule has 3 nitrogen and oxygen atoms in total. The monoisotopic (exact) mass is 255 g/mol. The predicted molar refractivity (Wildman–Crippen MR) is 73.9 cm³/mol. The second kappa shape index (κ2) is 5.48. The molecule has 0 spiro atoms. The van der Waals surface area contributed by atoms with Crippen LogP contribution in [0.15, 0.2) is 0 Å². The first-order valence-electron chi connectivity index (χ1n) is 7.44. The van der Waals surface area contributed by atoms with E-state index in [1.165, 1.54) is 25.7 Å². The van der Waals surface area contributed by atoms with Gasteiger partial charge in [0.25, 0.3) is 0 Å². The van der Waals surface area contributed by atoms with E-state index in [4.69, 9.17) is 9.47 Å². The van der Waals surface area contributed by atoms with Crippen molar-refractivity contribution in [2.24, 2.45) is 0 Å². The quantitative estimate of drug-likeness (QED) is 0.766. The number of hydrogen-bond donors (Lipinski definition) is 1. The summed E-state index contributed by atoms with van der Waals surface area (Å²) in [6.07, 6.45) is 6.79. The second-order valence-corrected chi connectivity index (χ2v) is 6.95. The number of ether oxygens (including phenoxy) is 2. The van der Waals surface area contributed by atoms with E-state index in [9.17, 15) is 0 Å². The summed E-state index contributed by atoms with van der Waals surface area (Å²) in [6, 6.07) is 0.430. The molecule has 1 saturated carbocycles. The molecule has 0 aromatic carbocycles. The average molecular weight is 255 g/mol. The van der Waals surface area contributed by atoms with Crippen LogP contribution in [0.2, 0.25) is 0 Å². The zero-order chi connectivity index (χ0) is 13.2. The Morgan fingerprint density at radius 3 is 2.39 bits per heavy atom. The van der Waals surface area contributed by atoms with Gasteiger partial charge in [-0.25, -0.2) is 0 Å². The molecule has 1 atom stereocenters. The fourth-order valence-corrected chi connectivity index (χ4v) is 3.39. The van der Waals surface area contributed by atoms with Crippen LogP contribution in [0.25, 0.3) is 0 Å². The summed E-state index contributed by atoms with van der Waals surface area (Å²) in [4.78, 5) is 0. The lowest BCUT2D eigenvalue weighted by atomic mass is 9.94. The smallest absolute Gasteiger partial charge is 0.0787 e. The molecule has 0 bridgehead atoms. The van der Waals surface area contributed by atoms with Crippen LogP contribution in [0.1, 0.15) is 59.8 Å². The zero-order valence-corrected chi connectivity index (χ0v) is 12.4. The third-order valence-electron chi connectivity index (χ3n) is 4.22. The summed E-state index contributed by atoms with van der Waals surface area (Å²) < 4.78 is 12.0. The van der Waals surface area contributed by atoms with Crippen molar-refractivity contribution < 1.29 is 9.47 Å². The third kappa shape index (κ3) is 3.69. The van der Waals surface area contributed by atoms with Crippen LogP contribution in [0.3, 0.4) is 0 Å². The highest BCUT2D eigenvalue weighted by Crippen LogP contribution is 2.37. The van der Waals surface area contributed by atoms with E-state index in [1.807, 2.05) is 0 Å². The van der Waals surface area contributed by atoms with Gasteiger partial charge in [-0.05, 0) is 47.0 Å². The van der Waals surface area contributed by atoms with Crippen molar-refractivity contribution in [2.75, 3.05) is 13.2 Å². The molecule has 1 unspecified atom stereocenters. The number of rotatable bonds is 5. The summed E-state index contributed by atoms with van der Waals surface area (Å²) in [5, 5.41) is 3.60. The van der Waals surface area contributed by atoms with E-state index in [0.29, 0.717) is 12.1 Å². The first-order chi connectivity index (χ1) is 8.39. The van der Waals surface area contributed by atoms with Crippen LogP contribution in [0.5, 0.6) is 0 Å². The minimum absolute atomic E-state index is 0.00647. The van der Waals surface area contributed by atoms with Gasteiger partial charge in [-0.1, -0.05) is 12.8 Å². The Hall–Kier alpha value is -0.120. The van der Waals surface area contributed by atoms with Crippen LogP contribution >= 0.6 is 0 Å². The Morgan fingerprint density at radius 1 is 1.17 bits per heavy atom. The minimum Gasteiger partial charge on any atom is -0.377 e. The molecule has 2 rings (SSSR count). The SMILES string of the molecule is CC1(C)CC(NCCOC2CCCC2)C(C)(C)O1. The maximum absolute atomic E-state index is 6.08. The van der Waals surface area contributed by atoms with E-state index >= 15 is 0 Å². The summed E-state index contributed by atoms with van der Waals surface area (Å²) in [7, 11) is 0. The molecule has 1 N–H and O–H groups in total. The van der Waals surface area contributed by atoms with Crippen LogP contribution in [-0.4, -0.2) is 36.5 Å². The van der Waals surface area contributed by atoms with Gasteiger partial charge in [0.15, 0.2) is 0 Å². The zero-order valence-electron chi connectivity index (χ0n) is 12.4. The average Bonchev–Trinajstić information content (AvgIpc) is 2.79. The highest BCUT2D eigenvalue weighted by Gasteiger charge is 2.45. The highest BCUT2D eigenvalue weighted by molar-refractivity contribution is 4.98. The molecule has 1 aliphatic carbocycles. The third-order valence-corrected chi connectivity index (χ3v) is 4.22. The molecule has 1 aliphatic heterocycles. The number of hydrogen-bond acceptors (Lipinski definition) is 3. The topological polar surface area (TPSA) is 30.5 Å². The Bertz CT molecular complexity index is 270. The van der Waals surface area contributed by atoms with Gasteiger partial charge in [-0.2, -0.15) is 0 Å². The minimum atomic E-state index is -0.0726. The van der Waals surface area contributed by atoms with Gasteiger partial charge in [0, 0.05) is 12.6 Å². The first kappa shape index (κ1) is 14.3. The molecular formula is C15H29NO2. The lowest BCUT2D eigenvalue weighted by molar-refractivity contribution is -0.0702. The maximum Gasteiger partial charge on any atom is 0.0787 e. The van der Waals surface area contributed by atoms with Crippen LogP contribution in [-0.2, 0) is 9.47 Å². The second-order valence-electron chi connectivity index (χ2n) is 6.95. The molecule has 3 heteroatoms.